The van der Waals surface area contributed by atoms with E-state index in [2.05, 4.69) is 0 Å². The summed E-state index contributed by atoms with van der Waals surface area (Å²) in [6.45, 7) is 0. The van der Waals surface area contributed by atoms with E-state index in [4.69, 9.17) is 11.6 Å². The second-order valence-corrected chi connectivity index (χ2v) is 2.18. The molecule has 11 heavy (non-hydrogen) atoms. The van der Waals surface area contributed by atoms with Crippen LogP contribution in [0.25, 0.3) is 0 Å². The number of nitrogens with zero attached hydrogens (tertiary/aromatic N) is 1. The van der Waals surface area contributed by atoms with Crippen LogP contribution in [0.4, 0.5) is 19.0 Å². The van der Waals surface area contributed by atoms with E-state index in [0.717, 1.165) is 18.2 Å². The molecule has 0 aliphatic rings. The maximum atomic E-state index is 12.4. The summed E-state index contributed by atoms with van der Waals surface area (Å²) in [5, 5.41) is -1.80. The highest BCUT2D eigenvalue weighted by Gasteiger charge is 2.11. The lowest BCUT2D eigenvalue weighted by atomic mass is 10.3. The normalized spacial score (nSPS) is 9.82. The Bertz CT molecular complexity index is 264. The van der Waals surface area contributed by atoms with Crippen molar-refractivity contribution in [1.29, 1.82) is 0 Å². The molecule has 0 N–H and O–H groups in total. The van der Waals surface area contributed by atoms with Gasteiger partial charge in [-0.1, -0.05) is 26.6 Å². The predicted octanol–water partition coefficient (Wildman–Crippen LogP) is 3.05. The highest BCUT2D eigenvalue weighted by Crippen LogP contribution is 2.28. The average Bonchev–Trinajstić information content (AvgIpc) is 1.94. The van der Waals surface area contributed by atoms with Crippen LogP contribution in [0.3, 0.4) is 0 Å². The summed E-state index contributed by atoms with van der Waals surface area (Å²) >= 11 is 5.19. The zero-order chi connectivity index (χ0) is 8.43. The Morgan fingerprint density at radius 2 is 1.91 bits per heavy atom. The Morgan fingerprint density at radius 3 is 2.36 bits per heavy atom. The van der Waals surface area contributed by atoms with E-state index >= 15 is 0 Å². The minimum Gasteiger partial charge on any atom is -0.205 e. The van der Waals surface area contributed by atoms with E-state index in [1.165, 1.54) is 0 Å². The van der Waals surface area contributed by atoms with Crippen molar-refractivity contribution in [3.05, 3.63) is 29.0 Å². The third-order valence-corrected chi connectivity index (χ3v) is 1.49. The van der Waals surface area contributed by atoms with E-state index in [-0.39, 0.29) is 0 Å². The Kier molecular flexibility index (Phi) is 2.24. The summed E-state index contributed by atoms with van der Waals surface area (Å²) in [6, 6.07) is 3.18. The topological polar surface area (TPSA) is 3.24 Å². The SMILES string of the molecule is Fc1cccc(N(F)F)c1Cl. The van der Waals surface area contributed by atoms with Gasteiger partial charge in [0.1, 0.15) is 16.5 Å². The van der Waals surface area contributed by atoms with Gasteiger partial charge in [-0.2, -0.15) is 0 Å². The minimum absolute atomic E-state index is 0.572. The summed E-state index contributed by atoms with van der Waals surface area (Å²) in [4.78, 5) is 0. The van der Waals surface area contributed by atoms with Crippen molar-refractivity contribution >= 4 is 17.3 Å². The van der Waals surface area contributed by atoms with Crippen molar-refractivity contribution < 1.29 is 13.4 Å². The van der Waals surface area contributed by atoms with Gasteiger partial charge < -0.3 is 0 Å². The lowest BCUT2D eigenvalue weighted by Crippen LogP contribution is -1.97. The molecule has 0 aromatic heterocycles. The molecule has 1 nitrogen and oxygen atoms in total. The first-order valence-electron chi connectivity index (χ1n) is 2.68. The molecule has 0 bridgehead atoms. The molecule has 0 amide bonds. The van der Waals surface area contributed by atoms with Gasteiger partial charge in [0, 0.05) is 0 Å². The van der Waals surface area contributed by atoms with Crippen LogP contribution in [-0.2, 0) is 0 Å². The van der Waals surface area contributed by atoms with Crippen LogP contribution in [-0.4, -0.2) is 0 Å². The molecule has 0 atom stereocenters. The molecule has 0 fully saturated rings. The number of anilines is 1. The fourth-order valence-corrected chi connectivity index (χ4v) is 0.813. The molecule has 0 heterocycles. The van der Waals surface area contributed by atoms with E-state index < -0.39 is 21.9 Å². The third kappa shape index (κ3) is 1.57. The van der Waals surface area contributed by atoms with E-state index in [9.17, 15) is 13.4 Å². The van der Waals surface area contributed by atoms with Crippen LogP contribution < -0.4 is 5.34 Å². The fraction of sp³-hybridized carbons (Fsp3) is 0. The fourth-order valence-electron chi connectivity index (χ4n) is 0.623. The first-order valence-corrected chi connectivity index (χ1v) is 3.06. The van der Waals surface area contributed by atoms with Crippen molar-refractivity contribution in [3.8, 4) is 0 Å². The summed E-state index contributed by atoms with van der Waals surface area (Å²) < 4.78 is 36.0. The molecule has 0 aliphatic heterocycles. The monoisotopic (exact) mass is 181 g/mol. The van der Waals surface area contributed by atoms with Gasteiger partial charge in [0.05, 0.1) is 0 Å². The predicted molar refractivity (Wildman–Crippen MR) is 36.1 cm³/mol. The molecule has 1 rings (SSSR count). The van der Waals surface area contributed by atoms with Crippen LogP contribution in [0.1, 0.15) is 0 Å². The number of hydrogen-bond acceptors (Lipinski definition) is 1. The Balaban J connectivity index is 3.17. The van der Waals surface area contributed by atoms with Gasteiger partial charge in [-0.3, -0.25) is 0 Å². The van der Waals surface area contributed by atoms with Gasteiger partial charge >= 0.3 is 0 Å². The standard InChI is InChI=1S/C6H3ClF3N/c7-6-4(8)2-1-3-5(6)11(9)10/h1-3H. The summed E-state index contributed by atoms with van der Waals surface area (Å²) in [7, 11) is 0. The lowest BCUT2D eigenvalue weighted by molar-refractivity contribution is 0.235. The van der Waals surface area contributed by atoms with Crippen molar-refractivity contribution in [3.63, 3.8) is 0 Å². The molecular formula is C6H3ClF3N. The summed E-state index contributed by atoms with van der Waals surface area (Å²) in [5.74, 6) is -0.857. The van der Waals surface area contributed by atoms with Gasteiger partial charge in [0.25, 0.3) is 0 Å². The Morgan fingerprint density at radius 1 is 1.27 bits per heavy atom. The second-order valence-electron chi connectivity index (χ2n) is 1.81. The van der Waals surface area contributed by atoms with Gasteiger partial charge in [0.15, 0.2) is 0 Å². The molecule has 0 aliphatic carbocycles. The van der Waals surface area contributed by atoms with Crippen LogP contribution in [0, 0.1) is 5.82 Å². The number of hydrogen-bond donors (Lipinski definition) is 0. The zero-order valence-electron chi connectivity index (χ0n) is 5.19. The molecular weight excluding hydrogens is 179 g/mol. The van der Waals surface area contributed by atoms with Crippen molar-refractivity contribution in [2.45, 2.75) is 0 Å². The highest BCUT2D eigenvalue weighted by atomic mass is 35.5. The van der Waals surface area contributed by atoms with E-state index in [1.807, 2.05) is 0 Å². The maximum absolute atomic E-state index is 12.4. The molecule has 0 saturated heterocycles. The number of halogens is 4. The lowest BCUT2D eigenvalue weighted by Gasteiger charge is -2.03. The quantitative estimate of drug-likeness (QED) is 0.602. The minimum atomic E-state index is -1.23. The zero-order valence-corrected chi connectivity index (χ0v) is 5.95. The summed E-state index contributed by atoms with van der Waals surface area (Å²) in [6.07, 6.45) is 0. The van der Waals surface area contributed by atoms with Gasteiger partial charge in [-0.25, -0.2) is 4.39 Å². The first-order chi connectivity index (χ1) is 5.13. The summed E-state index contributed by atoms with van der Waals surface area (Å²) in [5.41, 5.74) is -0.633. The van der Waals surface area contributed by atoms with E-state index in [1.54, 1.807) is 0 Å². The van der Waals surface area contributed by atoms with E-state index in [0.29, 0.717) is 0 Å². The highest BCUT2D eigenvalue weighted by molar-refractivity contribution is 6.33. The molecule has 0 unspecified atom stereocenters. The van der Waals surface area contributed by atoms with Crippen LogP contribution >= 0.6 is 11.6 Å². The van der Waals surface area contributed by atoms with Gasteiger partial charge in [0.2, 0.25) is 0 Å². The second kappa shape index (κ2) is 3.00. The smallest absolute Gasteiger partial charge is 0.144 e. The van der Waals surface area contributed by atoms with Crippen LogP contribution in [0.5, 0.6) is 0 Å². The van der Waals surface area contributed by atoms with Crippen molar-refractivity contribution in [1.82, 2.24) is 0 Å². The molecule has 60 valence electrons. The largest absolute Gasteiger partial charge is 0.205 e. The molecule has 1 aromatic carbocycles. The number of benzene rings is 1. The van der Waals surface area contributed by atoms with Crippen LogP contribution in [0.2, 0.25) is 5.02 Å². The first kappa shape index (κ1) is 8.20. The van der Waals surface area contributed by atoms with Crippen molar-refractivity contribution in [2.24, 2.45) is 0 Å². The average molecular weight is 182 g/mol. The molecule has 0 saturated carbocycles. The molecule has 0 spiro atoms. The van der Waals surface area contributed by atoms with Crippen molar-refractivity contribution in [2.75, 3.05) is 5.34 Å². The third-order valence-electron chi connectivity index (χ3n) is 1.11. The number of rotatable bonds is 1. The van der Waals surface area contributed by atoms with Gasteiger partial charge in [-0.15, -0.1) is 0 Å². The molecule has 1 aromatic rings. The Labute approximate surface area is 65.9 Å². The van der Waals surface area contributed by atoms with Crippen LogP contribution in [0.15, 0.2) is 18.2 Å². The molecule has 0 radical (unpaired) electrons. The van der Waals surface area contributed by atoms with Gasteiger partial charge in [-0.05, 0) is 17.5 Å². The Hall–Kier alpha value is -0.900. The maximum Gasteiger partial charge on any atom is 0.144 e. The molecule has 5 heteroatoms.